The van der Waals surface area contributed by atoms with E-state index < -0.39 is 5.60 Å². The monoisotopic (exact) mass is 311 g/mol. The van der Waals surface area contributed by atoms with E-state index in [0.29, 0.717) is 5.56 Å². The molecule has 0 aliphatic heterocycles. The quantitative estimate of drug-likeness (QED) is 0.746. The van der Waals surface area contributed by atoms with Crippen molar-refractivity contribution in [1.82, 2.24) is 0 Å². The molecule has 23 heavy (non-hydrogen) atoms. The average Bonchev–Trinajstić information content (AvgIpc) is 2.54. The van der Waals surface area contributed by atoms with Crippen LogP contribution in [0, 0.1) is 0 Å². The molecule has 0 aliphatic carbocycles. The van der Waals surface area contributed by atoms with Gasteiger partial charge in [-0.05, 0) is 38.5 Å². The molecule has 3 nitrogen and oxygen atoms in total. The third-order valence-electron chi connectivity index (χ3n) is 3.88. The highest BCUT2D eigenvalue weighted by atomic mass is 16.5. The van der Waals surface area contributed by atoms with Gasteiger partial charge in [0.25, 0.3) is 0 Å². The van der Waals surface area contributed by atoms with Gasteiger partial charge >= 0.3 is 0 Å². The summed E-state index contributed by atoms with van der Waals surface area (Å²) in [4.78, 5) is 15.1. The summed E-state index contributed by atoms with van der Waals surface area (Å²) in [6.07, 6.45) is -0.0545. The number of carbonyl (C=O) groups is 1. The van der Waals surface area contributed by atoms with Crippen molar-refractivity contribution in [3.8, 4) is 0 Å². The Morgan fingerprint density at radius 2 is 1.57 bits per heavy atom. The fraction of sp³-hybridized carbons (Fsp3) is 0.350. The second kappa shape index (κ2) is 6.97. The number of anilines is 1. The number of ketones is 1. The standard InChI is InChI=1S/C20H25NO2/c1-15(2)23-20(3,19(22)16-9-7-6-8-10-16)17-11-13-18(14-12-17)21(4)5/h6-15H,1-5H3. The van der Waals surface area contributed by atoms with Crippen molar-refractivity contribution in [1.29, 1.82) is 0 Å². The van der Waals surface area contributed by atoms with E-state index in [4.69, 9.17) is 4.74 Å². The lowest BCUT2D eigenvalue weighted by atomic mass is 9.87. The Balaban J connectivity index is 2.44. The SMILES string of the molecule is CC(C)OC(C)(C(=O)c1ccccc1)c1ccc(N(C)C)cc1. The Kier molecular flexibility index (Phi) is 5.22. The smallest absolute Gasteiger partial charge is 0.198 e. The maximum Gasteiger partial charge on any atom is 0.198 e. The van der Waals surface area contributed by atoms with E-state index in [1.54, 1.807) is 0 Å². The summed E-state index contributed by atoms with van der Waals surface area (Å²) in [6, 6.07) is 17.3. The van der Waals surface area contributed by atoms with Crippen molar-refractivity contribution < 1.29 is 9.53 Å². The molecule has 1 unspecified atom stereocenters. The molecule has 0 radical (unpaired) electrons. The zero-order valence-corrected chi connectivity index (χ0v) is 14.5. The molecular weight excluding hydrogens is 286 g/mol. The molecule has 2 aromatic rings. The summed E-state index contributed by atoms with van der Waals surface area (Å²) in [5.74, 6) is -0.0237. The van der Waals surface area contributed by atoms with Crippen LogP contribution >= 0.6 is 0 Å². The molecule has 0 saturated heterocycles. The zero-order chi connectivity index (χ0) is 17.0. The van der Waals surface area contributed by atoms with Crippen LogP contribution in [0.25, 0.3) is 0 Å². The Morgan fingerprint density at radius 3 is 2.04 bits per heavy atom. The number of ether oxygens (including phenoxy) is 1. The summed E-state index contributed by atoms with van der Waals surface area (Å²) < 4.78 is 6.08. The number of Topliss-reactive ketones (excluding diaryl/α,β-unsaturated/α-hetero) is 1. The van der Waals surface area contributed by atoms with Crippen molar-refractivity contribution in [2.45, 2.75) is 32.5 Å². The Labute approximate surface area is 138 Å². The molecule has 0 saturated carbocycles. The van der Waals surface area contributed by atoms with Crippen molar-refractivity contribution in [3.05, 3.63) is 65.7 Å². The maximum atomic E-state index is 13.1. The summed E-state index contributed by atoms with van der Waals surface area (Å²) in [6.45, 7) is 5.75. The molecule has 1 atom stereocenters. The maximum absolute atomic E-state index is 13.1. The molecule has 0 aromatic heterocycles. The average molecular weight is 311 g/mol. The van der Waals surface area contributed by atoms with Gasteiger partial charge in [-0.15, -0.1) is 0 Å². The number of carbonyl (C=O) groups excluding carboxylic acids is 1. The van der Waals surface area contributed by atoms with E-state index in [0.717, 1.165) is 11.3 Å². The fourth-order valence-electron chi connectivity index (χ4n) is 2.67. The van der Waals surface area contributed by atoms with Crippen LogP contribution in [0.4, 0.5) is 5.69 Å². The lowest BCUT2D eigenvalue weighted by Gasteiger charge is -2.31. The van der Waals surface area contributed by atoms with E-state index in [2.05, 4.69) is 0 Å². The van der Waals surface area contributed by atoms with E-state index >= 15 is 0 Å². The molecule has 122 valence electrons. The van der Waals surface area contributed by atoms with Gasteiger partial charge in [0, 0.05) is 25.3 Å². The minimum absolute atomic E-state index is 0.0237. The number of hydrogen-bond acceptors (Lipinski definition) is 3. The Morgan fingerprint density at radius 1 is 1.00 bits per heavy atom. The minimum Gasteiger partial charge on any atom is -0.378 e. The van der Waals surface area contributed by atoms with Crippen molar-refractivity contribution >= 4 is 11.5 Å². The molecule has 0 aliphatic rings. The van der Waals surface area contributed by atoms with Crippen molar-refractivity contribution in [2.75, 3.05) is 19.0 Å². The van der Waals surface area contributed by atoms with E-state index in [9.17, 15) is 4.79 Å². The van der Waals surface area contributed by atoms with Crippen LogP contribution in [0.2, 0.25) is 0 Å². The Bertz CT molecular complexity index is 647. The second-order valence-corrected chi connectivity index (χ2v) is 6.34. The van der Waals surface area contributed by atoms with Crippen LogP contribution in [-0.4, -0.2) is 26.0 Å². The molecule has 0 spiro atoms. The predicted molar refractivity (Wildman–Crippen MR) is 95.1 cm³/mol. The number of hydrogen-bond donors (Lipinski definition) is 0. The van der Waals surface area contributed by atoms with Crippen LogP contribution in [0.15, 0.2) is 54.6 Å². The lowest BCUT2D eigenvalue weighted by molar-refractivity contribution is -0.0503. The van der Waals surface area contributed by atoms with Gasteiger partial charge in [0.15, 0.2) is 11.4 Å². The van der Waals surface area contributed by atoms with Crippen molar-refractivity contribution in [2.24, 2.45) is 0 Å². The first-order valence-electron chi connectivity index (χ1n) is 7.90. The summed E-state index contributed by atoms with van der Waals surface area (Å²) in [7, 11) is 3.99. The van der Waals surface area contributed by atoms with E-state index in [1.807, 2.05) is 94.4 Å². The highest BCUT2D eigenvalue weighted by Gasteiger charge is 2.37. The summed E-state index contributed by atoms with van der Waals surface area (Å²) >= 11 is 0. The highest BCUT2D eigenvalue weighted by molar-refractivity contribution is 6.02. The van der Waals surface area contributed by atoms with Crippen LogP contribution in [-0.2, 0) is 10.3 Å². The molecule has 2 rings (SSSR count). The zero-order valence-electron chi connectivity index (χ0n) is 14.5. The topological polar surface area (TPSA) is 29.5 Å². The van der Waals surface area contributed by atoms with Crippen LogP contribution in [0.3, 0.4) is 0 Å². The van der Waals surface area contributed by atoms with Crippen molar-refractivity contribution in [3.63, 3.8) is 0 Å². The van der Waals surface area contributed by atoms with E-state index in [1.165, 1.54) is 0 Å². The number of benzene rings is 2. The molecule has 0 N–H and O–H groups in total. The predicted octanol–water partition coefficient (Wildman–Crippen LogP) is 4.28. The molecule has 3 heteroatoms. The first-order chi connectivity index (χ1) is 10.8. The Hall–Kier alpha value is -2.13. The van der Waals surface area contributed by atoms with E-state index in [-0.39, 0.29) is 11.9 Å². The summed E-state index contributed by atoms with van der Waals surface area (Å²) in [5.41, 5.74) is 1.62. The van der Waals surface area contributed by atoms with Crippen LogP contribution < -0.4 is 4.90 Å². The molecule has 0 amide bonds. The van der Waals surface area contributed by atoms with Gasteiger partial charge in [0.2, 0.25) is 0 Å². The second-order valence-electron chi connectivity index (χ2n) is 6.34. The number of nitrogens with zero attached hydrogens (tertiary/aromatic N) is 1. The summed E-state index contributed by atoms with van der Waals surface area (Å²) in [5, 5.41) is 0. The van der Waals surface area contributed by atoms with Gasteiger partial charge in [-0.25, -0.2) is 0 Å². The first kappa shape index (κ1) is 17.2. The normalized spacial score (nSPS) is 13.7. The minimum atomic E-state index is -1.000. The first-order valence-corrected chi connectivity index (χ1v) is 7.90. The molecule has 0 bridgehead atoms. The largest absolute Gasteiger partial charge is 0.378 e. The molecule has 0 fully saturated rings. The lowest BCUT2D eigenvalue weighted by Crippen LogP contribution is -2.38. The van der Waals surface area contributed by atoms with Gasteiger partial charge in [0.05, 0.1) is 6.10 Å². The van der Waals surface area contributed by atoms with Gasteiger partial charge < -0.3 is 9.64 Å². The third-order valence-corrected chi connectivity index (χ3v) is 3.88. The van der Waals surface area contributed by atoms with Crippen LogP contribution in [0.1, 0.15) is 36.7 Å². The van der Waals surface area contributed by atoms with Gasteiger partial charge in [-0.2, -0.15) is 0 Å². The van der Waals surface area contributed by atoms with Gasteiger partial charge in [0.1, 0.15) is 0 Å². The van der Waals surface area contributed by atoms with Gasteiger partial charge in [-0.3, -0.25) is 4.79 Å². The fourth-order valence-corrected chi connectivity index (χ4v) is 2.67. The number of rotatable bonds is 6. The molecular formula is C20H25NO2. The third kappa shape index (κ3) is 3.80. The van der Waals surface area contributed by atoms with Gasteiger partial charge in [-0.1, -0.05) is 42.5 Å². The molecule has 2 aromatic carbocycles. The molecule has 0 heterocycles. The van der Waals surface area contributed by atoms with Crippen LogP contribution in [0.5, 0.6) is 0 Å². The highest BCUT2D eigenvalue weighted by Crippen LogP contribution is 2.32.